The highest BCUT2D eigenvalue weighted by Gasteiger charge is 2.50. The minimum Gasteiger partial charge on any atom is -0.393 e. The van der Waals surface area contributed by atoms with Crippen molar-refractivity contribution in [2.45, 2.75) is 70.4 Å². The van der Waals surface area contributed by atoms with Gasteiger partial charge in [-0.15, -0.1) is 0 Å². The normalized spacial score (nSPS) is 32.5. The topological polar surface area (TPSA) is 69.6 Å². The van der Waals surface area contributed by atoms with Crippen LogP contribution in [0, 0.1) is 5.41 Å². The molecule has 1 amide bonds. The standard InChI is InChI=1S/C20H30N4O2/c1-2-15-12-21-19(22-13-15)23-10-3-8-20(14-23)9-11-24(18(20)26)16-4-6-17(25)7-5-16/h12-13,16-17,25H,2-11,14H2,1H3. The predicted molar refractivity (Wildman–Crippen MR) is 99.9 cm³/mol. The summed E-state index contributed by atoms with van der Waals surface area (Å²) in [5.41, 5.74) is 0.879. The molecule has 6 heteroatoms. The van der Waals surface area contributed by atoms with Gasteiger partial charge < -0.3 is 14.9 Å². The van der Waals surface area contributed by atoms with Crippen LogP contribution in [0.25, 0.3) is 0 Å². The van der Waals surface area contributed by atoms with Crippen LogP contribution in [-0.2, 0) is 11.2 Å². The second-order valence-corrected chi connectivity index (χ2v) is 8.26. The van der Waals surface area contributed by atoms with E-state index in [9.17, 15) is 9.90 Å². The van der Waals surface area contributed by atoms with Crippen LogP contribution in [0.1, 0.15) is 57.4 Å². The smallest absolute Gasteiger partial charge is 0.230 e. The van der Waals surface area contributed by atoms with Crippen LogP contribution in [0.15, 0.2) is 12.4 Å². The number of aryl methyl sites for hydroxylation is 1. The first kappa shape index (κ1) is 17.7. The molecule has 6 nitrogen and oxygen atoms in total. The Morgan fingerprint density at radius 2 is 1.88 bits per heavy atom. The average Bonchev–Trinajstić information content (AvgIpc) is 2.98. The molecular weight excluding hydrogens is 328 g/mol. The molecule has 1 aromatic rings. The predicted octanol–water partition coefficient (Wildman–Crippen LogP) is 2.16. The Morgan fingerprint density at radius 3 is 2.58 bits per heavy atom. The van der Waals surface area contributed by atoms with E-state index in [0.717, 1.165) is 82.5 Å². The van der Waals surface area contributed by atoms with Crippen molar-refractivity contribution in [3.8, 4) is 0 Å². The number of hydrogen-bond donors (Lipinski definition) is 1. The van der Waals surface area contributed by atoms with Crippen molar-refractivity contribution in [2.24, 2.45) is 5.41 Å². The molecule has 1 saturated carbocycles. The van der Waals surface area contributed by atoms with Crippen molar-refractivity contribution in [2.75, 3.05) is 24.5 Å². The third-order valence-electron chi connectivity index (χ3n) is 6.61. The minimum absolute atomic E-state index is 0.175. The van der Waals surface area contributed by atoms with Crippen LogP contribution in [0.2, 0.25) is 0 Å². The van der Waals surface area contributed by atoms with E-state index < -0.39 is 0 Å². The van der Waals surface area contributed by atoms with Gasteiger partial charge in [0.2, 0.25) is 11.9 Å². The number of aliphatic hydroxyl groups excluding tert-OH is 1. The third kappa shape index (κ3) is 3.20. The molecule has 1 unspecified atom stereocenters. The van der Waals surface area contributed by atoms with Crippen LogP contribution >= 0.6 is 0 Å². The van der Waals surface area contributed by atoms with Crippen LogP contribution < -0.4 is 4.90 Å². The van der Waals surface area contributed by atoms with E-state index in [-0.39, 0.29) is 11.5 Å². The van der Waals surface area contributed by atoms with Gasteiger partial charge in [-0.25, -0.2) is 9.97 Å². The van der Waals surface area contributed by atoms with Gasteiger partial charge in [0.25, 0.3) is 0 Å². The second kappa shape index (κ2) is 7.14. The van der Waals surface area contributed by atoms with E-state index in [1.54, 1.807) is 0 Å². The Labute approximate surface area is 155 Å². The largest absolute Gasteiger partial charge is 0.393 e. The van der Waals surface area contributed by atoms with Crippen LogP contribution in [0.5, 0.6) is 0 Å². The van der Waals surface area contributed by atoms with Crippen LogP contribution in [0.4, 0.5) is 5.95 Å². The molecule has 1 N–H and O–H groups in total. The summed E-state index contributed by atoms with van der Waals surface area (Å²) in [5, 5.41) is 9.75. The van der Waals surface area contributed by atoms with Gasteiger partial charge in [-0.3, -0.25) is 4.79 Å². The van der Waals surface area contributed by atoms with E-state index >= 15 is 0 Å². The summed E-state index contributed by atoms with van der Waals surface area (Å²) >= 11 is 0. The van der Waals surface area contributed by atoms with E-state index in [0.29, 0.717) is 11.9 Å². The quantitative estimate of drug-likeness (QED) is 0.897. The molecule has 2 saturated heterocycles. The molecule has 2 aliphatic heterocycles. The Hall–Kier alpha value is -1.69. The summed E-state index contributed by atoms with van der Waals surface area (Å²) < 4.78 is 0. The van der Waals surface area contributed by atoms with E-state index in [1.165, 1.54) is 0 Å². The lowest BCUT2D eigenvalue weighted by atomic mass is 9.78. The zero-order chi connectivity index (χ0) is 18.1. The molecule has 1 spiro atoms. The van der Waals surface area contributed by atoms with Gasteiger partial charge >= 0.3 is 0 Å². The molecule has 4 rings (SSSR count). The molecule has 3 aliphatic rings. The number of hydrogen-bond acceptors (Lipinski definition) is 5. The van der Waals surface area contributed by atoms with Gasteiger partial charge in [0.15, 0.2) is 0 Å². The number of likely N-dealkylation sites (tertiary alicyclic amines) is 1. The summed E-state index contributed by atoms with van der Waals surface area (Å²) in [6.45, 7) is 4.63. The van der Waals surface area contributed by atoms with Gasteiger partial charge in [-0.1, -0.05) is 6.92 Å². The first-order chi connectivity index (χ1) is 12.6. The number of aliphatic hydroxyl groups is 1. The monoisotopic (exact) mass is 358 g/mol. The molecule has 3 fully saturated rings. The van der Waals surface area contributed by atoms with E-state index in [1.807, 2.05) is 12.4 Å². The zero-order valence-corrected chi connectivity index (χ0v) is 15.7. The number of carbonyl (C=O) groups excluding carboxylic acids is 1. The summed E-state index contributed by atoms with van der Waals surface area (Å²) in [7, 11) is 0. The maximum Gasteiger partial charge on any atom is 0.230 e. The molecule has 142 valence electrons. The first-order valence-electron chi connectivity index (χ1n) is 10.2. The molecule has 3 heterocycles. The SMILES string of the molecule is CCc1cnc(N2CCCC3(CCN(C4CCC(O)CC4)C3=O)C2)nc1. The molecule has 1 atom stereocenters. The number of rotatable bonds is 3. The highest BCUT2D eigenvalue weighted by atomic mass is 16.3. The fourth-order valence-electron chi connectivity index (χ4n) is 4.94. The molecular formula is C20H30N4O2. The lowest BCUT2D eigenvalue weighted by Gasteiger charge is -2.40. The van der Waals surface area contributed by atoms with Crippen LogP contribution in [0.3, 0.4) is 0 Å². The lowest BCUT2D eigenvalue weighted by molar-refractivity contribution is -0.139. The third-order valence-corrected chi connectivity index (χ3v) is 6.61. The summed E-state index contributed by atoms with van der Waals surface area (Å²) in [6.07, 6.45) is 11.0. The number of piperidine rings is 1. The fourth-order valence-corrected chi connectivity index (χ4v) is 4.94. The maximum atomic E-state index is 13.3. The number of amides is 1. The Balaban J connectivity index is 1.46. The Kier molecular flexibility index (Phi) is 4.86. The number of carbonyl (C=O) groups is 1. The molecule has 1 aromatic heterocycles. The Bertz CT molecular complexity index is 642. The van der Waals surface area contributed by atoms with Crippen molar-refractivity contribution < 1.29 is 9.90 Å². The van der Waals surface area contributed by atoms with Crippen molar-refractivity contribution in [1.82, 2.24) is 14.9 Å². The van der Waals surface area contributed by atoms with Gasteiger partial charge in [-0.2, -0.15) is 0 Å². The number of nitrogens with zero attached hydrogens (tertiary/aromatic N) is 4. The van der Waals surface area contributed by atoms with Gasteiger partial charge in [-0.05, 0) is 56.9 Å². The summed E-state index contributed by atoms with van der Waals surface area (Å²) in [6, 6.07) is 0.320. The van der Waals surface area contributed by atoms with Crippen LogP contribution in [-0.4, -0.2) is 57.7 Å². The van der Waals surface area contributed by atoms with E-state index in [2.05, 4.69) is 26.7 Å². The number of anilines is 1. The van der Waals surface area contributed by atoms with Crippen molar-refractivity contribution >= 4 is 11.9 Å². The maximum absolute atomic E-state index is 13.3. The zero-order valence-electron chi connectivity index (χ0n) is 15.7. The highest BCUT2D eigenvalue weighted by Crippen LogP contribution is 2.43. The molecule has 0 bridgehead atoms. The summed E-state index contributed by atoms with van der Waals surface area (Å²) in [4.78, 5) is 26.7. The highest BCUT2D eigenvalue weighted by molar-refractivity contribution is 5.86. The molecule has 0 radical (unpaired) electrons. The molecule has 26 heavy (non-hydrogen) atoms. The van der Waals surface area contributed by atoms with Gasteiger partial charge in [0, 0.05) is 38.1 Å². The summed E-state index contributed by atoms with van der Waals surface area (Å²) in [5.74, 6) is 1.09. The Morgan fingerprint density at radius 1 is 1.15 bits per heavy atom. The van der Waals surface area contributed by atoms with Gasteiger partial charge in [0.05, 0.1) is 11.5 Å². The number of aromatic nitrogens is 2. The lowest BCUT2D eigenvalue weighted by Crippen LogP contribution is -2.50. The average molecular weight is 358 g/mol. The second-order valence-electron chi connectivity index (χ2n) is 8.26. The molecule has 1 aliphatic carbocycles. The molecule has 0 aromatic carbocycles. The van der Waals surface area contributed by atoms with Crippen molar-refractivity contribution in [3.63, 3.8) is 0 Å². The fraction of sp³-hybridized carbons (Fsp3) is 0.750. The van der Waals surface area contributed by atoms with Crippen molar-refractivity contribution in [3.05, 3.63) is 18.0 Å². The minimum atomic E-state index is -0.263. The first-order valence-corrected chi connectivity index (χ1v) is 10.2. The van der Waals surface area contributed by atoms with Gasteiger partial charge in [0.1, 0.15) is 0 Å². The van der Waals surface area contributed by atoms with Crippen molar-refractivity contribution in [1.29, 1.82) is 0 Å². The van der Waals surface area contributed by atoms with E-state index in [4.69, 9.17) is 0 Å².